The molecule has 0 bridgehead atoms. The first-order valence-corrected chi connectivity index (χ1v) is 18.5. The Morgan fingerprint density at radius 3 is 1.68 bits per heavy atom. The molecule has 0 fully saturated rings. The molecule has 0 spiro atoms. The lowest BCUT2D eigenvalue weighted by atomic mass is 10.0. The molecule has 0 unspecified atom stereocenters. The van der Waals surface area contributed by atoms with Gasteiger partial charge in [-0.25, -0.2) is 0 Å². The maximum atomic E-state index is 2.47. The van der Waals surface area contributed by atoms with Crippen LogP contribution in [0.5, 0.6) is 0 Å². The van der Waals surface area contributed by atoms with Crippen molar-refractivity contribution in [3.8, 4) is 0 Å². The topological polar surface area (TPSA) is 0 Å². The quantitative estimate of drug-likeness (QED) is 0.145. The molecule has 2 aromatic carbocycles. The monoisotopic (exact) mass is 549 g/mol. The molecule has 0 aliphatic rings. The van der Waals surface area contributed by atoms with Gasteiger partial charge >= 0.3 is 21.2 Å². The standard InChI is InChI=1S/C29H46ISi/c1-5-6-7-8-9-10-11-12-13-14-15-16-19-26-22-24-27(25-23-26)30-28-20-17-18-21-29(28)31(2,3)4/h17-18,20-25H,5-16,19H2,1-4H3/q+1. The molecule has 0 aliphatic heterocycles. The van der Waals surface area contributed by atoms with E-state index in [2.05, 4.69) is 75.1 Å². The minimum Gasteiger partial charge on any atom is -0.0655 e. The zero-order chi connectivity index (χ0) is 22.4. The van der Waals surface area contributed by atoms with E-state index >= 15 is 0 Å². The first-order valence-electron chi connectivity index (χ1n) is 12.8. The number of benzene rings is 2. The Kier molecular flexibility index (Phi) is 13.1. The van der Waals surface area contributed by atoms with E-state index in [0.29, 0.717) is 0 Å². The van der Waals surface area contributed by atoms with Gasteiger partial charge in [-0.15, -0.1) is 0 Å². The van der Waals surface area contributed by atoms with Crippen molar-refractivity contribution in [3.05, 3.63) is 61.2 Å². The molecule has 0 aliphatic carbocycles. The van der Waals surface area contributed by atoms with Crippen LogP contribution in [0.3, 0.4) is 0 Å². The van der Waals surface area contributed by atoms with Crippen LogP contribution in [0.2, 0.25) is 19.6 Å². The predicted molar refractivity (Wildman–Crippen MR) is 138 cm³/mol. The maximum Gasteiger partial charge on any atom is 0.357 e. The smallest absolute Gasteiger partial charge is 0.0655 e. The normalized spacial score (nSPS) is 11.7. The lowest BCUT2D eigenvalue weighted by Gasteiger charge is -2.15. The molecule has 0 aromatic heterocycles. The van der Waals surface area contributed by atoms with E-state index in [1.807, 2.05) is 0 Å². The van der Waals surface area contributed by atoms with E-state index in [1.165, 1.54) is 89.0 Å². The number of aryl methyl sites for hydroxylation is 1. The lowest BCUT2D eigenvalue weighted by Crippen LogP contribution is -3.62. The molecule has 0 radical (unpaired) electrons. The third kappa shape index (κ3) is 11.2. The molecule has 0 saturated carbocycles. The van der Waals surface area contributed by atoms with Crippen molar-refractivity contribution in [1.82, 2.24) is 0 Å². The van der Waals surface area contributed by atoms with Crippen molar-refractivity contribution in [3.63, 3.8) is 0 Å². The Morgan fingerprint density at radius 1 is 0.613 bits per heavy atom. The highest BCUT2D eigenvalue weighted by Crippen LogP contribution is 2.13. The molecule has 2 heteroatoms. The molecule has 0 nitrogen and oxygen atoms in total. The van der Waals surface area contributed by atoms with Gasteiger partial charge in [-0.2, -0.15) is 0 Å². The summed E-state index contributed by atoms with van der Waals surface area (Å²) in [5.41, 5.74) is 1.53. The van der Waals surface area contributed by atoms with E-state index in [0.717, 1.165) is 0 Å². The van der Waals surface area contributed by atoms with Crippen LogP contribution in [0.25, 0.3) is 0 Å². The Labute approximate surface area is 204 Å². The lowest BCUT2D eigenvalue weighted by molar-refractivity contribution is -0.596. The van der Waals surface area contributed by atoms with Crippen LogP contribution in [0.4, 0.5) is 0 Å². The summed E-state index contributed by atoms with van der Waals surface area (Å²) in [6.45, 7) is 9.69. The SMILES string of the molecule is CCCCCCCCCCCCCCc1ccc([I+]c2ccccc2[Si](C)(C)C)cc1. The molecular weight excluding hydrogens is 503 g/mol. The van der Waals surface area contributed by atoms with Crippen LogP contribution in [-0.2, 0) is 6.42 Å². The third-order valence-electron chi connectivity index (χ3n) is 6.13. The van der Waals surface area contributed by atoms with Gasteiger partial charge in [0.25, 0.3) is 0 Å². The summed E-state index contributed by atoms with van der Waals surface area (Å²) in [6, 6.07) is 18.8. The first-order chi connectivity index (χ1) is 15.0. The third-order valence-corrected chi connectivity index (χ3v) is 11.5. The van der Waals surface area contributed by atoms with Gasteiger partial charge < -0.3 is 0 Å². The van der Waals surface area contributed by atoms with Crippen molar-refractivity contribution in [2.75, 3.05) is 0 Å². The molecular formula is C29H46ISi+. The number of hydrogen-bond acceptors (Lipinski definition) is 0. The van der Waals surface area contributed by atoms with Gasteiger partial charge in [0.05, 0.1) is 8.07 Å². The minimum absolute atomic E-state index is 0.0695. The maximum absolute atomic E-state index is 2.47. The highest BCUT2D eigenvalue weighted by molar-refractivity contribution is 6.88. The van der Waals surface area contributed by atoms with E-state index in [1.54, 1.807) is 12.3 Å². The summed E-state index contributed by atoms with van der Waals surface area (Å²) >= 11 is -0.0695. The number of hydrogen-bond donors (Lipinski definition) is 0. The second-order valence-electron chi connectivity index (χ2n) is 10.1. The van der Waals surface area contributed by atoms with Crippen LogP contribution in [-0.4, -0.2) is 8.07 Å². The Bertz CT molecular complexity index is 714. The number of unbranched alkanes of at least 4 members (excludes halogenated alkanes) is 11. The fourth-order valence-electron chi connectivity index (χ4n) is 4.15. The van der Waals surface area contributed by atoms with Crippen LogP contribution >= 0.6 is 0 Å². The van der Waals surface area contributed by atoms with Crippen molar-refractivity contribution in [2.24, 2.45) is 0 Å². The molecule has 0 N–H and O–H groups in total. The van der Waals surface area contributed by atoms with Gasteiger partial charge in [0.2, 0.25) is 0 Å². The molecule has 0 heterocycles. The first kappa shape index (κ1) is 26.6. The highest BCUT2D eigenvalue weighted by Gasteiger charge is 2.27. The summed E-state index contributed by atoms with van der Waals surface area (Å²) < 4.78 is 3.19. The van der Waals surface area contributed by atoms with Gasteiger partial charge in [0.15, 0.2) is 7.14 Å². The summed E-state index contributed by atoms with van der Waals surface area (Å²) in [4.78, 5) is 0. The van der Waals surface area contributed by atoms with Gasteiger partial charge in [0, 0.05) is 0 Å². The van der Waals surface area contributed by atoms with E-state index in [4.69, 9.17) is 0 Å². The summed E-state index contributed by atoms with van der Waals surface area (Å²) in [5, 5.41) is 1.66. The molecule has 0 saturated heterocycles. The largest absolute Gasteiger partial charge is 0.357 e. The summed E-state index contributed by atoms with van der Waals surface area (Å²) in [7, 11) is -1.26. The zero-order valence-corrected chi connectivity index (χ0v) is 23.8. The van der Waals surface area contributed by atoms with Gasteiger partial charge in [-0.3, -0.25) is 0 Å². The van der Waals surface area contributed by atoms with Gasteiger partial charge in [-0.05, 0) is 41.8 Å². The molecule has 0 atom stereocenters. The van der Waals surface area contributed by atoms with E-state index in [-0.39, 0.29) is 21.2 Å². The average Bonchev–Trinajstić information content (AvgIpc) is 2.75. The molecule has 2 aromatic rings. The zero-order valence-electron chi connectivity index (χ0n) is 20.7. The molecule has 0 amide bonds. The van der Waals surface area contributed by atoms with Crippen molar-refractivity contribution >= 4 is 13.3 Å². The van der Waals surface area contributed by atoms with Gasteiger partial charge in [0.1, 0.15) is 0 Å². The van der Waals surface area contributed by atoms with Crippen molar-refractivity contribution in [2.45, 2.75) is 110 Å². The fourth-order valence-corrected chi connectivity index (χ4v) is 10.5. The summed E-state index contributed by atoms with van der Waals surface area (Å²) in [6.07, 6.45) is 18.4. The van der Waals surface area contributed by atoms with Crippen LogP contribution in [0, 0.1) is 7.14 Å². The Hall–Kier alpha value is -0.613. The molecule has 172 valence electrons. The second kappa shape index (κ2) is 15.3. The molecule has 2 rings (SSSR count). The van der Waals surface area contributed by atoms with E-state index in [9.17, 15) is 0 Å². The number of rotatable bonds is 16. The summed E-state index contributed by atoms with van der Waals surface area (Å²) in [5.74, 6) is 0. The van der Waals surface area contributed by atoms with Crippen molar-refractivity contribution in [1.29, 1.82) is 0 Å². The van der Waals surface area contributed by atoms with Crippen LogP contribution in [0.1, 0.15) is 89.5 Å². The van der Waals surface area contributed by atoms with E-state index < -0.39 is 8.07 Å². The minimum atomic E-state index is -1.26. The Morgan fingerprint density at radius 2 is 1.13 bits per heavy atom. The van der Waals surface area contributed by atoms with Crippen LogP contribution < -0.4 is 26.4 Å². The van der Waals surface area contributed by atoms with Crippen molar-refractivity contribution < 1.29 is 21.2 Å². The number of halogens is 1. The predicted octanol–water partition coefficient (Wildman–Crippen LogP) is 5.60. The average molecular weight is 550 g/mol. The van der Waals surface area contributed by atoms with Crippen LogP contribution in [0.15, 0.2) is 48.5 Å². The molecule has 31 heavy (non-hydrogen) atoms. The fraction of sp³-hybridized carbons (Fsp3) is 0.586. The second-order valence-corrected chi connectivity index (χ2v) is 18.1. The highest BCUT2D eigenvalue weighted by atomic mass is 127. The van der Waals surface area contributed by atoms with Gasteiger partial charge in [-0.1, -0.05) is 128 Å². The Balaban J connectivity index is 1.60.